The van der Waals surface area contributed by atoms with Crippen LogP contribution >= 0.6 is 11.3 Å². The van der Waals surface area contributed by atoms with Crippen molar-refractivity contribution in [3.8, 4) is 22.6 Å². The van der Waals surface area contributed by atoms with Crippen LogP contribution in [-0.4, -0.2) is 41.5 Å². The zero-order valence-corrected chi connectivity index (χ0v) is 17.7. The largest absolute Gasteiger partial charge is 0.486 e. The molecule has 1 aliphatic heterocycles. The van der Waals surface area contributed by atoms with E-state index in [0.29, 0.717) is 35.4 Å². The van der Waals surface area contributed by atoms with E-state index in [4.69, 9.17) is 15.2 Å². The lowest BCUT2D eigenvalue weighted by Gasteiger charge is -2.21. The fraction of sp³-hybridized carbons (Fsp3) is 0.130. The van der Waals surface area contributed by atoms with Crippen molar-refractivity contribution < 1.29 is 19.1 Å². The van der Waals surface area contributed by atoms with Crippen LogP contribution in [0.2, 0.25) is 0 Å². The summed E-state index contributed by atoms with van der Waals surface area (Å²) < 4.78 is 12.0. The van der Waals surface area contributed by atoms with Gasteiger partial charge in [-0.3, -0.25) is 19.5 Å². The number of carbonyl (C=O) groups excluding carboxylic acids is 2. The van der Waals surface area contributed by atoms with Crippen LogP contribution in [0, 0.1) is 0 Å². The minimum absolute atomic E-state index is 0.287. The van der Waals surface area contributed by atoms with Crippen molar-refractivity contribution in [2.75, 3.05) is 24.7 Å². The minimum atomic E-state index is -0.632. The number of benzene rings is 2. The first kappa shape index (κ1) is 20.0. The lowest BCUT2D eigenvalue weighted by atomic mass is 10.1. The highest BCUT2D eigenvalue weighted by Gasteiger charge is 2.25. The van der Waals surface area contributed by atoms with Gasteiger partial charge in [-0.25, -0.2) is 4.98 Å². The summed E-state index contributed by atoms with van der Waals surface area (Å²) in [4.78, 5) is 35.0. The number of ether oxygens (including phenoxy) is 2. The number of pyridine rings is 1. The molecule has 2 N–H and O–H groups in total. The zero-order valence-electron chi connectivity index (χ0n) is 16.9. The molecule has 0 bridgehead atoms. The fourth-order valence-electron chi connectivity index (χ4n) is 3.47. The molecule has 4 aromatic rings. The Bertz CT molecular complexity index is 1320. The number of aromatic nitrogens is 2. The maximum absolute atomic E-state index is 13.3. The third-order valence-corrected chi connectivity index (χ3v) is 6.01. The molecule has 0 spiro atoms. The molecule has 32 heavy (non-hydrogen) atoms. The molecule has 5 rings (SSSR count). The second-order valence-electron chi connectivity index (χ2n) is 7.13. The summed E-state index contributed by atoms with van der Waals surface area (Å²) >= 11 is 1.32. The normalized spacial score (nSPS) is 12.5. The van der Waals surface area contributed by atoms with E-state index in [-0.39, 0.29) is 6.54 Å². The quantitative estimate of drug-likeness (QED) is 0.504. The summed E-state index contributed by atoms with van der Waals surface area (Å²) in [7, 11) is 0. The minimum Gasteiger partial charge on any atom is -0.486 e. The summed E-state index contributed by atoms with van der Waals surface area (Å²) in [5.41, 5.74) is 8.56. The molecule has 2 amide bonds. The molecule has 2 aromatic carbocycles. The van der Waals surface area contributed by atoms with Gasteiger partial charge in [0, 0.05) is 18.0 Å². The Labute approximate surface area is 187 Å². The highest BCUT2D eigenvalue weighted by atomic mass is 32.1. The van der Waals surface area contributed by atoms with Gasteiger partial charge in [0.05, 0.1) is 10.2 Å². The average Bonchev–Trinajstić information content (AvgIpc) is 3.25. The molecule has 0 fully saturated rings. The molecule has 3 heterocycles. The van der Waals surface area contributed by atoms with Crippen molar-refractivity contribution in [2.24, 2.45) is 5.73 Å². The monoisotopic (exact) mass is 446 g/mol. The lowest BCUT2D eigenvalue weighted by molar-refractivity contribution is -0.116. The second-order valence-corrected chi connectivity index (χ2v) is 8.14. The van der Waals surface area contributed by atoms with E-state index >= 15 is 0 Å². The number of hydrogen-bond donors (Lipinski definition) is 1. The Kier molecular flexibility index (Phi) is 5.16. The summed E-state index contributed by atoms with van der Waals surface area (Å²) in [6, 6.07) is 14.6. The van der Waals surface area contributed by atoms with E-state index in [9.17, 15) is 9.59 Å². The molecule has 0 saturated carbocycles. The Morgan fingerprint density at radius 2 is 1.75 bits per heavy atom. The molecule has 1 aliphatic rings. The maximum atomic E-state index is 13.3. The standard InChI is InChI=1S/C23H18N4O4S/c24-21(28)13-27(22(29)16-2-4-18-19(11-16)31-10-9-30-18)23-26-17-3-1-15(12-20(17)32-23)14-5-7-25-8-6-14/h1-8,11-12H,9-10,13H2,(H2,24,28). The number of nitrogens with two attached hydrogens (primary N) is 1. The zero-order chi connectivity index (χ0) is 22.1. The van der Waals surface area contributed by atoms with E-state index < -0.39 is 11.8 Å². The number of fused-ring (bicyclic) bond motifs is 2. The second kappa shape index (κ2) is 8.27. The molecule has 0 saturated heterocycles. The third-order valence-electron chi connectivity index (χ3n) is 4.97. The van der Waals surface area contributed by atoms with Gasteiger partial charge in [0.2, 0.25) is 5.91 Å². The van der Waals surface area contributed by atoms with Crippen molar-refractivity contribution in [1.29, 1.82) is 0 Å². The molecule has 0 atom stereocenters. The Morgan fingerprint density at radius 1 is 0.969 bits per heavy atom. The highest BCUT2D eigenvalue weighted by Crippen LogP contribution is 2.35. The van der Waals surface area contributed by atoms with Crippen LogP contribution in [0.4, 0.5) is 5.13 Å². The van der Waals surface area contributed by atoms with Crippen LogP contribution in [0.15, 0.2) is 60.9 Å². The Morgan fingerprint density at radius 3 is 2.53 bits per heavy atom. The number of carbonyl (C=O) groups is 2. The average molecular weight is 446 g/mol. The molecule has 160 valence electrons. The molecule has 0 unspecified atom stereocenters. The van der Waals surface area contributed by atoms with E-state index in [1.54, 1.807) is 30.6 Å². The number of anilines is 1. The van der Waals surface area contributed by atoms with Gasteiger partial charge in [0.1, 0.15) is 19.8 Å². The van der Waals surface area contributed by atoms with Crippen molar-refractivity contribution in [2.45, 2.75) is 0 Å². The predicted octanol–water partition coefficient (Wildman–Crippen LogP) is 3.26. The number of hydrogen-bond acceptors (Lipinski definition) is 7. The molecule has 2 aromatic heterocycles. The number of primary amides is 1. The van der Waals surface area contributed by atoms with Crippen molar-refractivity contribution >= 4 is 38.5 Å². The van der Waals surface area contributed by atoms with Gasteiger partial charge in [0.15, 0.2) is 16.6 Å². The van der Waals surface area contributed by atoms with Gasteiger partial charge < -0.3 is 15.2 Å². The summed E-state index contributed by atoms with van der Waals surface area (Å²) in [5.74, 6) is 0.0482. The first-order valence-corrected chi connectivity index (χ1v) is 10.7. The molecular weight excluding hydrogens is 428 g/mol. The SMILES string of the molecule is NC(=O)CN(C(=O)c1ccc2c(c1)OCCO2)c1nc2ccc(-c3ccncc3)cc2s1. The van der Waals surface area contributed by atoms with Crippen molar-refractivity contribution in [1.82, 2.24) is 9.97 Å². The summed E-state index contributed by atoms with van der Waals surface area (Å²) in [6.07, 6.45) is 3.47. The predicted molar refractivity (Wildman–Crippen MR) is 121 cm³/mol. The Hall–Kier alpha value is -3.98. The summed E-state index contributed by atoms with van der Waals surface area (Å²) in [5, 5.41) is 0.394. The van der Waals surface area contributed by atoms with E-state index in [2.05, 4.69) is 9.97 Å². The van der Waals surface area contributed by atoms with Crippen molar-refractivity contribution in [3.05, 3.63) is 66.5 Å². The smallest absolute Gasteiger partial charge is 0.260 e. The number of nitrogens with zero attached hydrogens (tertiary/aromatic N) is 3. The first-order valence-electron chi connectivity index (χ1n) is 9.89. The fourth-order valence-corrected chi connectivity index (χ4v) is 4.47. The van der Waals surface area contributed by atoms with Crippen LogP contribution in [0.1, 0.15) is 10.4 Å². The molecule has 9 heteroatoms. The molecular formula is C23H18N4O4S. The topological polar surface area (TPSA) is 108 Å². The molecule has 0 radical (unpaired) electrons. The van der Waals surface area contributed by atoms with Crippen LogP contribution in [0.3, 0.4) is 0 Å². The number of rotatable bonds is 5. The van der Waals surface area contributed by atoms with E-state index in [1.807, 2.05) is 30.3 Å². The van der Waals surface area contributed by atoms with Crippen molar-refractivity contribution in [3.63, 3.8) is 0 Å². The molecule has 8 nitrogen and oxygen atoms in total. The number of thiazole rings is 1. The van der Waals surface area contributed by atoms with Gasteiger partial charge in [-0.2, -0.15) is 0 Å². The van der Waals surface area contributed by atoms with Gasteiger partial charge in [-0.05, 0) is 53.6 Å². The Balaban J connectivity index is 1.51. The third kappa shape index (κ3) is 3.85. The van der Waals surface area contributed by atoms with Gasteiger partial charge in [-0.15, -0.1) is 0 Å². The molecule has 0 aliphatic carbocycles. The van der Waals surface area contributed by atoms with E-state index in [1.165, 1.54) is 16.2 Å². The van der Waals surface area contributed by atoms with Crippen LogP contribution in [0.25, 0.3) is 21.3 Å². The maximum Gasteiger partial charge on any atom is 0.260 e. The van der Waals surface area contributed by atoms with Crippen LogP contribution < -0.4 is 20.1 Å². The van der Waals surface area contributed by atoms with Crippen LogP contribution in [0.5, 0.6) is 11.5 Å². The lowest BCUT2D eigenvalue weighted by Crippen LogP contribution is -2.38. The van der Waals surface area contributed by atoms with Gasteiger partial charge >= 0.3 is 0 Å². The highest BCUT2D eigenvalue weighted by molar-refractivity contribution is 7.22. The van der Waals surface area contributed by atoms with Gasteiger partial charge in [-0.1, -0.05) is 17.4 Å². The summed E-state index contributed by atoms with van der Waals surface area (Å²) in [6.45, 7) is 0.582. The first-order chi connectivity index (χ1) is 15.6. The van der Waals surface area contributed by atoms with E-state index in [0.717, 1.165) is 21.3 Å². The van der Waals surface area contributed by atoms with Gasteiger partial charge in [0.25, 0.3) is 5.91 Å². The van der Waals surface area contributed by atoms with Crippen LogP contribution in [-0.2, 0) is 4.79 Å². The number of amides is 2.